The van der Waals surface area contributed by atoms with Gasteiger partial charge in [0.2, 0.25) is 0 Å². The molecule has 0 saturated carbocycles. The Morgan fingerprint density at radius 1 is 1.58 bits per heavy atom. The summed E-state index contributed by atoms with van der Waals surface area (Å²) in [6, 6.07) is 3.18. The van der Waals surface area contributed by atoms with Gasteiger partial charge >= 0.3 is 0 Å². The number of carbonyl (C=O) groups excluding carboxylic acids is 1. The van der Waals surface area contributed by atoms with E-state index in [-0.39, 0.29) is 10.3 Å². The number of aldehydes is 1. The maximum absolute atomic E-state index is 13.2. The summed E-state index contributed by atoms with van der Waals surface area (Å²) < 4.78 is 13.5. The molecular weight excluding hydrogens is 243 g/mol. The highest BCUT2D eigenvalue weighted by atomic mass is 79.9. The van der Waals surface area contributed by atoms with Crippen LogP contribution in [0, 0.1) is 5.82 Å². The first kappa shape index (κ1) is 9.74. The number of carbonyl (C=O) groups is 1. The van der Waals surface area contributed by atoms with Crippen molar-refractivity contribution >= 4 is 34.0 Å². The molecule has 0 spiro atoms. The fraction of sp³-hybridized carbons (Fsp3) is 0.125. The number of halogens is 2. The summed E-state index contributed by atoms with van der Waals surface area (Å²) in [5.74, 6) is -0.368. The predicted molar refractivity (Wildman–Crippen MR) is 51.3 cm³/mol. The third-order valence-corrected chi connectivity index (χ3v) is 2.98. The fourth-order valence-corrected chi connectivity index (χ4v) is 1.85. The van der Waals surface area contributed by atoms with Crippen LogP contribution in [0.15, 0.2) is 21.5 Å². The van der Waals surface area contributed by atoms with Crippen molar-refractivity contribution < 1.29 is 9.18 Å². The summed E-state index contributed by atoms with van der Waals surface area (Å²) >= 11 is 4.32. The molecule has 0 aliphatic rings. The topological polar surface area (TPSA) is 17.1 Å². The highest BCUT2D eigenvalue weighted by molar-refractivity contribution is 9.10. The Hall–Kier alpha value is -0.350. The third-order valence-electron chi connectivity index (χ3n) is 1.42. The number of hydrogen-bond acceptors (Lipinski definition) is 2. The zero-order valence-corrected chi connectivity index (χ0v) is 8.71. The molecule has 0 fully saturated rings. The Morgan fingerprint density at radius 2 is 2.25 bits per heavy atom. The molecule has 0 aliphatic carbocycles. The smallest absolute Gasteiger partial charge is 0.151 e. The van der Waals surface area contributed by atoms with Gasteiger partial charge in [0.05, 0.1) is 4.47 Å². The van der Waals surface area contributed by atoms with Gasteiger partial charge < -0.3 is 0 Å². The van der Waals surface area contributed by atoms with Crippen LogP contribution in [0.5, 0.6) is 0 Å². The zero-order valence-electron chi connectivity index (χ0n) is 6.30. The normalized spacial score (nSPS) is 9.92. The monoisotopic (exact) mass is 248 g/mol. The second-order valence-corrected chi connectivity index (χ2v) is 3.74. The molecular formula is C8H6BrFOS. The minimum Gasteiger partial charge on any atom is -0.298 e. The largest absolute Gasteiger partial charge is 0.298 e. The molecule has 0 N–H and O–H groups in total. The molecule has 1 aromatic carbocycles. The van der Waals surface area contributed by atoms with Crippen LogP contribution in [0.25, 0.3) is 0 Å². The van der Waals surface area contributed by atoms with Crippen molar-refractivity contribution in [2.24, 2.45) is 0 Å². The van der Waals surface area contributed by atoms with Crippen molar-refractivity contribution in [3.63, 3.8) is 0 Å². The molecule has 0 aliphatic heterocycles. The van der Waals surface area contributed by atoms with Gasteiger partial charge in [-0.1, -0.05) is 0 Å². The molecule has 64 valence electrons. The van der Waals surface area contributed by atoms with E-state index in [9.17, 15) is 9.18 Å². The number of benzene rings is 1. The maximum Gasteiger partial charge on any atom is 0.151 e. The van der Waals surface area contributed by atoms with Crippen molar-refractivity contribution in [2.45, 2.75) is 4.90 Å². The van der Waals surface area contributed by atoms with E-state index in [4.69, 9.17) is 0 Å². The SMILES string of the molecule is CSc1ccc(C=O)c(Br)c1F. The summed E-state index contributed by atoms with van der Waals surface area (Å²) in [6.45, 7) is 0. The molecule has 0 bridgehead atoms. The van der Waals surface area contributed by atoms with Gasteiger partial charge in [0.15, 0.2) is 12.1 Å². The summed E-state index contributed by atoms with van der Waals surface area (Å²) in [5.41, 5.74) is 0.338. The van der Waals surface area contributed by atoms with Crippen molar-refractivity contribution in [1.82, 2.24) is 0 Å². The van der Waals surface area contributed by atoms with Crippen molar-refractivity contribution in [3.05, 3.63) is 28.0 Å². The standard InChI is InChI=1S/C8H6BrFOS/c1-12-6-3-2-5(4-11)7(9)8(6)10/h2-4H,1H3. The first-order valence-electron chi connectivity index (χ1n) is 3.18. The second kappa shape index (κ2) is 4.05. The maximum atomic E-state index is 13.2. The average molecular weight is 249 g/mol. The second-order valence-electron chi connectivity index (χ2n) is 2.10. The quantitative estimate of drug-likeness (QED) is 0.591. The van der Waals surface area contributed by atoms with E-state index in [2.05, 4.69) is 15.9 Å². The van der Waals surface area contributed by atoms with Crippen molar-refractivity contribution in [2.75, 3.05) is 6.26 Å². The molecule has 12 heavy (non-hydrogen) atoms. The molecule has 0 aromatic heterocycles. The number of thioether (sulfide) groups is 1. The van der Waals surface area contributed by atoms with Crippen molar-refractivity contribution in [1.29, 1.82) is 0 Å². The number of hydrogen-bond donors (Lipinski definition) is 0. The van der Waals surface area contributed by atoms with Crippen molar-refractivity contribution in [3.8, 4) is 0 Å². The fourth-order valence-electron chi connectivity index (χ4n) is 0.795. The lowest BCUT2D eigenvalue weighted by molar-refractivity contribution is 0.112. The lowest BCUT2D eigenvalue weighted by Gasteiger charge is -2.02. The molecule has 0 atom stereocenters. The highest BCUT2D eigenvalue weighted by Crippen LogP contribution is 2.27. The molecule has 0 amide bonds. The van der Waals surface area contributed by atoms with E-state index in [1.54, 1.807) is 18.4 Å². The van der Waals surface area contributed by atoms with Gasteiger partial charge in [-0.2, -0.15) is 0 Å². The lowest BCUT2D eigenvalue weighted by atomic mass is 10.2. The van der Waals surface area contributed by atoms with Gasteiger partial charge in [-0.25, -0.2) is 4.39 Å². The average Bonchev–Trinajstić information content (AvgIpc) is 2.10. The van der Waals surface area contributed by atoms with Crippen LogP contribution in [-0.4, -0.2) is 12.5 Å². The van der Waals surface area contributed by atoms with Crippen LogP contribution < -0.4 is 0 Å². The van der Waals surface area contributed by atoms with Gasteiger partial charge in [-0.05, 0) is 34.3 Å². The van der Waals surface area contributed by atoms with Crippen LogP contribution in [0.1, 0.15) is 10.4 Å². The van der Waals surface area contributed by atoms with E-state index in [0.717, 1.165) is 0 Å². The Kier molecular flexibility index (Phi) is 3.29. The Morgan fingerprint density at radius 3 is 2.75 bits per heavy atom. The summed E-state index contributed by atoms with van der Waals surface area (Å²) in [6.07, 6.45) is 2.41. The molecule has 1 rings (SSSR count). The summed E-state index contributed by atoms with van der Waals surface area (Å²) in [4.78, 5) is 10.9. The minimum absolute atomic E-state index is 0.240. The molecule has 4 heteroatoms. The van der Waals surface area contributed by atoms with E-state index < -0.39 is 0 Å². The van der Waals surface area contributed by atoms with Gasteiger partial charge in [-0.15, -0.1) is 11.8 Å². The highest BCUT2D eigenvalue weighted by Gasteiger charge is 2.09. The Balaban J connectivity index is 3.29. The van der Waals surface area contributed by atoms with Gasteiger partial charge in [0.25, 0.3) is 0 Å². The summed E-state index contributed by atoms with van der Waals surface area (Å²) in [7, 11) is 0. The van der Waals surface area contributed by atoms with E-state index in [0.29, 0.717) is 16.7 Å². The Labute approximate surface area is 82.5 Å². The zero-order chi connectivity index (χ0) is 9.14. The molecule has 1 aromatic rings. The summed E-state index contributed by atoms with van der Waals surface area (Å²) in [5, 5.41) is 0. The van der Waals surface area contributed by atoms with Crippen LogP contribution in [0.2, 0.25) is 0 Å². The van der Waals surface area contributed by atoms with Crippen LogP contribution in [-0.2, 0) is 0 Å². The minimum atomic E-state index is -0.368. The van der Waals surface area contributed by atoms with E-state index in [1.165, 1.54) is 11.8 Å². The van der Waals surface area contributed by atoms with Gasteiger partial charge in [-0.3, -0.25) is 4.79 Å². The van der Waals surface area contributed by atoms with E-state index in [1.807, 2.05) is 0 Å². The molecule has 1 nitrogen and oxygen atoms in total. The van der Waals surface area contributed by atoms with Crippen LogP contribution in [0.3, 0.4) is 0 Å². The molecule has 0 unspecified atom stereocenters. The third kappa shape index (κ3) is 1.69. The number of rotatable bonds is 2. The van der Waals surface area contributed by atoms with E-state index >= 15 is 0 Å². The molecule has 0 heterocycles. The van der Waals surface area contributed by atoms with Gasteiger partial charge in [0, 0.05) is 10.5 Å². The van der Waals surface area contributed by atoms with Gasteiger partial charge in [0.1, 0.15) is 0 Å². The molecule has 0 radical (unpaired) electrons. The lowest BCUT2D eigenvalue weighted by Crippen LogP contribution is -1.89. The van der Waals surface area contributed by atoms with Crippen LogP contribution in [0.4, 0.5) is 4.39 Å². The van der Waals surface area contributed by atoms with Crippen LogP contribution >= 0.6 is 27.7 Å². The Bertz CT molecular complexity index is 314. The predicted octanol–water partition coefficient (Wildman–Crippen LogP) is 3.12. The first-order valence-corrected chi connectivity index (χ1v) is 5.19. The molecule has 0 saturated heterocycles. The first-order chi connectivity index (χ1) is 5.70.